The van der Waals surface area contributed by atoms with Crippen LogP contribution in [-0.4, -0.2) is 81.4 Å². The molecule has 8 rings (SSSR count). The van der Waals surface area contributed by atoms with Gasteiger partial charge in [0.2, 0.25) is 11.8 Å². The zero-order chi connectivity index (χ0) is 38.4. The SMILES string of the molecule is COc1cc2nn(C3CCC(CN(C)C4CCN(c5cccc6c5n(C)c(=O)n6C5CCC(=O)NC5=O)CC4)CC3)cc2cc1NC(=O)c1ccc(Cl)cc1. The Kier molecular flexibility index (Phi) is 10.2. The first kappa shape index (κ1) is 36.8. The molecule has 2 saturated heterocycles. The van der Waals surface area contributed by atoms with Crippen molar-refractivity contribution in [2.24, 2.45) is 13.0 Å². The number of fused-ring (bicyclic) bond motifs is 2. The van der Waals surface area contributed by atoms with Crippen LogP contribution in [0.1, 0.15) is 73.8 Å². The number of ether oxygens (including phenoxy) is 1. The maximum absolute atomic E-state index is 13.4. The van der Waals surface area contributed by atoms with Gasteiger partial charge < -0.3 is 19.9 Å². The van der Waals surface area contributed by atoms with E-state index in [1.807, 2.05) is 24.3 Å². The molecule has 1 saturated carbocycles. The standard InChI is InChI=1S/C41H47ClN8O5/c1-46(29-17-19-48(20-18-29)33-5-4-6-34-38(33)47(2)41(54)50(34)35-15-16-37(51)44-40(35)53)23-25-7-13-30(14-8-25)49-24-27-21-32(36(55-3)22-31(27)45-49)43-39(52)26-9-11-28(42)12-10-26/h4-6,9-12,21-22,24-25,29-30,35H,7-8,13-20,23H2,1-3H3,(H,43,52)(H,44,51,53). The van der Waals surface area contributed by atoms with Crippen LogP contribution < -0.4 is 26.0 Å². The molecule has 1 unspecified atom stereocenters. The fourth-order valence-electron chi connectivity index (χ4n) is 8.92. The van der Waals surface area contributed by atoms with Crippen LogP contribution in [0.25, 0.3) is 21.9 Å². The average molecular weight is 767 g/mol. The van der Waals surface area contributed by atoms with Crippen LogP contribution in [0.2, 0.25) is 5.02 Å². The molecule has 1 aliphatic carbocycles. The van der Waals surface area contributed by atoms with Crippen molar-refractivity contribution < 1.29 is 19.1 Å². The van der Waals surface area contributed by atoms with Crippen LogP contribution in [0, 0.1) is 5.92 Å². The zero-order valence-electron chi connectivity index (χ0n) is 31.5. The number of para-hydroxylation sites is 1. The van der Waals surface area contributed by atoms with Gasteiger partial charge in [-0.25, -0.2) is 4.79 Å². The van der Waals surface area contributed by atoms with E-state index in [2.05, 4.69) is 44.4 Å². The third-order valence-electron chi connectivity index (χ3n) is 12.0. The summed E-state index contributed by atoms with van der Waals surface area (Å²) in [6.45, 7) is 2.82. The van der Waals surface area contributed by atoms with Gasteiger partial charge in [-0.3, -0.25) is 33.5 Å². The molecule has 3 fully saturated rings. The second-order valence-electron chi connectivity index (χ2n) is 15.3. The smallest absolute Gasteiger partial charge is 0.329 e. The molecule has 288 valence electrons. The topological polar surface area (TPSA) is 136 Å². The maximum atomic E-state index is 13.4. The number of piperidine rings is 2. The average Bonchev–Trinajstić information content (AvgIpc) is 3.72. The molecule has 2 aromatic heterocycles. The number of amides is 3. The van der Waals surface area contributed by atoms with Gasteiger partial charge in [0.1, 0.15) is 11.8 Å². The number of imidazole rings is 1. The maximum Gasteiger partial charge on any atom is 0.329 e. The summed E-state index contributed by atoms with van der Waals surface area (Å²) in [7, 11) is 5.61. The number of hydrogen-bond acceptors (Lipinski definition) is 8. The predicted octanol–water partition coefficient (Wildman–Crippen LogP) is 5.91. The lowest BCUT2D eigenvalue weighted by Gasteiger charge is -2.40. The molecule has 3 aromatic carbocycles. The Morgan fingerprint density at radius 3 is 2.45 bits per heavy atom. The van der Waals surface area contributed by atoms with Crippen molar-refractivity contribution in [3.05, 3.63) is 81.9 Å². The van der Waals surface area contributed by atoms with Gasteiger partial charge in [0.25, 0.3) is 5.91 Å². The van der Waals surface area contributed by atoms with E-state index >= 15 is 0 Å². The van der Waals surface area contributed by atoms with Crippen molar-refractivity contribution in [3.8, 4) is 5.75 Å². The van der Waals surface area contributed by atoms with Crippen molar-refractivity contribution in [2.45, 2.75) is 69.5 Å². The lowest BCUT2D eigenvalue weighted by molar-refractivity contribution is -0.135. The molecule has 3 amide bonds. The second kappa shape index (κ2) is 15.2. The summed E-state index contributed by atoms with van der Waals surface area (Å²) in [5, 5.41) is 11.8. The molecular weight excluding hydrogens is 720 g/mol. The highest BCUT2D eigenvalue weighted by molar-refractivity contribution is 6.30. The highest BCUT2D eigenvalue weighted by Gasteiger charge is 2.33. The zero-order valence-corrected chi connectivity index (χ0v) is 32.2. The minimum absolute atomic E-state index is 0.218. The van der Waals surface area contributed by atoms with E-state index in [0.29, 0.717) is 46.4 Å². The van der Waals surface area contributed by atoms with Crippen LogP contribution in [0.15, 0.2) is 65.6 Å². The Labute approximate surface area is 324 Å². The fourth-order valence-corrected chi connectivity index (χ4v) is 9.05. The molecule has 2 N–H and O–H groups in total. The Hall–Kier alpha value is -5.14. The Balaban J connectivity index is 0.866. The predicted molar refractivity (Wildman–Crippen MR) is 213 cm³/mol. The third-order valence-corrected chi connectivity index (χ3v) is 12.2. The Bertz CT molecular complexity index is 2310. The largest absolute Gasteiger partial charge is 0.494 e. The van der Waals surface area contributed by atoms with E-state index in [1.165, 1.54) is 0 Å². The van der Waals surface area contributed by atoms with Gasteiger partial charge in [0, 0.05) is 67.4 Å². The molecule has 0 spiro atoms. The normalized spacial score (nSPS) is 21.0. The van der Waals surface area contributed by atoms with Crippen molar-refractivity contribution >= 4 is 62.6 Å². The number of methoxy groups -OCH3 is 1. The third kappa shape index (κ3) is 7.22. The summed E-state index contributed by atoms with van der Waals surface area (Å²) in [6, 6.07) is 16.6. The summed E-state index contributed by atoms with van der Waals surface area (Å²) >= 11 is 6.00. The first-order valence-electron chi connectivity index (χ1n) is 19.2. The number of carbonyl (C=O) groups excluding carboxylic acids is 3. The number of nitrogens with zero attached hydrogens (tertiary/aromatic N) is 6. The number of rotatable bonds is 9. The molecule has 3 aliphatic rings. The van der Waals surface area contributed by atoms with E-state index in [4.69, 9.17) is 21.4 Å². The van der Waals surface area contributed by atoms with Crippen LogP contribution in [0.4, 0.5) is 11.4 Å². The van der Waals surface area contributed by atoms with Crippen LogP contribution in [0.5, 0.6) is 5.75 Å². The quantitative estimate of drug-likeness (QED) is 0.177. The minimum Gasteiger partial charge on any atom is -0.494 e. The number of imide groups is 1. The molecule has 14 heteroatoms. The number of nitrogens with one attached hydrogen (secondary N) is 2. The minimum atomic E-state index is -0.697. The highest BCUT2D eigenvalue weighted by atomic mass is 35.5. The van der Waals surface area contributed by atoms with Gasteiger partial charge in [0.05, 0.1) is 41.1 Å². The van der Waals surface area contributed by atoms with E-state index in [1.54, 1.807) is 47.6 Å². The van der Waals surface area contributed by atoms with Crippen molar-refractivity contribution in [2.75, 3.05) is 44.0 Å². The first-order valence-corrected chi connectivity index (χ1v) is 19.6. The molecule has 0 radical (unpaired) electrons. The molecule has 13 nitrogen and oxygen atoms in total. The van der Waals surface area contributed by atoms with Gasteiger partial charge in [0.15, 0.2) is 0 Å². The van der Waals surface area contributed by atoms with Crippen LogP contribution in [-0.2, 0) is 16.6 Å². The van der Waals surface area contributed by atoms with Crippen molar-refractivity contribution in [1.29, 1.82) is 0 Å². The molecule has 0 bridgehead atoms. The Morgan fingerprint density at radius 2 is 1.75 bits per heavy atom. The highest BCUT2D eigenvalue weighted by Crippen LogP contribution is 2.37. The lowest BCUT2D eigenvalue weighted by Crippen LogP contribution is -2.45. The number of halogens is 1. The summed E-state index contributed by atoms with van der Waals surface area (Å²) in [4.78, 5) is 55.8. The van der Waals surface area contributed by atoms with Gasteiger partial charge in [-0.1, -0.05) is 17.7 Å². The van der Waals surface area contributed by atoms with Gasteiger partial charge >= 0.3 is 5.69 Å². The fraction of sp³-hybridized carbons (Fsp3) is 0.439. The van der Waals surface area contributed by atoms with E-state index < -0.39 is 11.9 Å². The van der Waals surface area contributed by atoms with E-state index in [0.717, 1.165) is 85.8 Å². The first-order chi connectivity index (χ1) is 26.6. The van der Waals surface area contributed by atoms with E-state index in [9.17, 15) is 19.2 Å². The van der Waals surface area contributed by atoms with Crippen molar-refractivity contribution in [1.82, 2.24) is 29.1 Å². The molecule has 4 heterocycles. The summed E-state index contributed by atoms with van der Waals surface area (Å²) < 4.78 is 10.9. The van der Waals surface area contributed by atoms with Gasteiger partial charge in [-0.05, 0) is 100 Å². The molecule has 1 atom stereocenters. The monoisotopic (exact) mass is 766 g/mol. The number of carbonyl (C=O) groups is 3. The number of hydrogen-bond donors (Lipinski definition) is 2. The summed E-state index contributed by atoms with van der Waals surface area (Å²) in [5.41, 5.74) is 4.25. The van der Waals surface area contributed by atoms with Gasteiger partial charge in [-0.2, -0.15) is 5.10 Å². The van der Waals surface area contributed by atoms with Crippen molar-refractivity contribution in [3.63, 3.8) is 0 Å². The second-order valence-corrected chi connectivity index (χ2v) is 15.8. The number of anilines is 2. The number of aromatic nitrogens is 4. The number of aryl methyl sites for hydroxylation is 1. The van der Waals surface area contributed by atoms with Gasteiger partial charge in [-0.15, -0.1) is 0 Å². The number of benzene rings is 3. The van der Waals surface area contributed by atoms with E-state index in [-0.39, 0.29) is 23.9 Å². The summed E-state index contributed by atoms with van der Waals surface area (Å²) in [6.07, 6.45) is 9.05. The lowest BCUT2D eigenvalue weighted by atomic mass is 9.85. The molecule has 55 heavy (non-hydrogen) atoms. The van der Waals surface area contributed by atoms with Crippen LogP contribution >= 0.6 is 11.6 Å². The Morgan fingerprint density at radius 1 is 1.00 bits per heavy atom. The molecule has 2 aliphatic heterocycles. The molecular formula is C41H47ClN8O5. The molecule has 5 aromatic rings. The summed E-state index contributed by atoms with van der Waals surface area (Å²) in [5.74, 6) is 0.230. The van der Waals surface area contributed by atoms with Crippen LogP contribution in [0.3, 0.4) is 0 Å².